The van der Waals surface area contributed by atoms with Crippen molar-refractivity contribution >= 4 is 22.6 Å². The third kappa shape index (κ3) is 4.56. The van der Waals surface area contributed by atoms with Crippen LogP contribution in [0, 0.1) is 0 Å². The lowest BCUT2D eigenvalue weighted by Crippen LogP contribution is -2.52. The average Bonchev–Trinajstić information content (AvgIpc) is 3.03. The summed E-state index contributed by atoms with van der Waals surface area (Å²) in [5.41, 5.74) is 0. The molecule has 22 heavy (non-hydrogen) atoms. The second-order valence-corrected chi connectivity index (χ2v) is 6.14. The van der Waals surface area contributed by atoms with Gasteiger partial charge in [-0.25, -0.2) is 4.98 Å². The van der Waals surface area contributed by atoms with Crippen molar-refractivity contribution in [1.29, 1.82) is 0 Å². The van der Waals surface area contributed by atoms with Crippen molar-refractivity contribution < 1.29 is 0 Å². The maximum absolute atomic E-state index is 4.73. The Balaban J connectivity index is 1.90. The fourth-order valence-electron chi connectivity index (χ4n) is 2.40. The molecule has 1 N–H and O–H groups in total. The number of anilines is 1. The molecule has 7 heteroatoms. The average molecular weight is 324 g/mol. The SMILES string of the molecule is CCCCN=C(NCC)N1CCN(c2nc(CC)ns2)CC1. The van der Waals surface area contributed by atoms with Crippen LogP contribution in [-0.4, -0.2) is 59.5 Å². The van der Waals surface area contributed by atoms with Gasteiger partial charge < -0.3 is 15.1 Å². The molecule has 2 rings (SSSR count). The molecule has 1 fully saturated rings. The van der Waals surface area contributed by atoms with Gasteiger partial charge in [-0.1, -0.05) is 20.3 Å². The highest BCUT2D eigenvalue weighted by molar-refractivity contribution is 7.09. The van der Waals surface area contributed by atoms with Gasteiger partial charge in [0, 0.05) is 57.2 Å². The summed E-state index contributed by atoms with van der Waals surface area (Å²) < 4.78 is 4.38. The number of aromatic nitrogens is 2. The smallest absolute Gasteiger partial charge is 0.205 e. The van der Waals surface area contributed by atoms with Crippen LogP contribution in [0.1, 0.15) is 39.4 Å². The van der Waals surface area contributed by atoms with Crippen molar-refractivity contribution in [3.63, 3.8) is 0 Å². The Kier molecular flexibility index (Phi) is 6.89. The van der Waals surface area contributed by atoms with Crippen molar-refractivity contribution in [2.24, 2.45) is 4.99 Å². The molecule has 0 unspecified atom stereocenters. The van der Waals surface area contributed by atoms with Crippen LogP contribution in [0.25, 0.3) is 0 Å². The first-order valence-corrected chi connectivity index (χ1v) is 9.16. The van der Waals surface area contributed by atoms with E-state index in [1.165, 1.54) is 18.0 Å². The van der Waals surface area contributed by atoms with Gasteiger partial charge in [-0.3, -0.25) is 4.99 Å². The number of nitrogens with one attached hydrogen (secondary N) is 1. The molecule has 6 nitrogen and oxygen atoms in total. The molecule has 124 valence electrons. The van der Waals surface area contributed by atoms with E-state index < -0.39 is 0 Å². The highest BCUT2D eigenvalue weighted by Gasteiger charge is 2.21. The second-order valence-electron chi connectivity index (χ2n) is 5.41. The summed E-state index contributed by atoms with van der Waals surface area (Å²) in [4.78, 5) is 14.0. The largest absolute Gasteiger partial charge is 0.357 e. The summed E-state index contributed by atoms with van der Waals surface area (Å²) in [6, 6.07) is 0. The van der Waals surface area contributed by atoms with Crippen LogP contribution >= 0.6 is 11.5 Å². The minimum absolute atomic E-state index is 0.908. The van der Waals surface area contributed by atoms with Crippen molar-refractivity contribution in [2.75, 3.05) is 44.2 Å². The molecule has 0 atom stereocenters. The summed E-state index contributed by atoms with van der Waals surface area (Å²) in [5, 5.41) is 4.47. The van der Waals surface area contributed by atoms with E-state index >= 15 is 0 Å². The molecule has 2 heterocycles. The summed E-state index contributed by atoms with van der Waals surface area (Å²) in [7, 11) is 0. The first kappa shape index (κ1) is 17.0. The number of unbranched alkanes of at least 4 members (excludes halogenated alkanes) is 1. The van der Waals surface area contributed by atoms with E-state index in [2.05, 4.69) is 45.2 Å². The van der Waals surface area contributed by atoms with Gasteiger partial charge in [-0.15, -0.1) is 0 Å². The summed E-state index contributed by atoms with van der Waals surface area (Å²) in [5.74, 6) is 2.01. The van der Waals surface area contributed by atoms with E-state index in [4.69, 9.17) is 4.99 Å². The zero-order valence-electron chi connectivity index (χ0n) is 14.0. The van der Waals surface area contributed by atoms with Crippen LogP contribution in [0.2, 0.25) is 0 Å². The quantitative estimate of drug-likeness (QED) is 0.493. The van der Waals surface area contributed by atoms with Gasteiger partial charge in [0.1, 0.15) is 5.82 Å². The van der Waals surface area contributed by atoms with Crippen LogP contribution in [0.5, 0.6) is 0 Å². The highest BCUT2D eigenvalue weighted by Crippen LogP contribution is 2.19. The molecule has 1 aromatic rings. The summed E-state index contributed by atoms with van der Waals surface area (Å²) in [6.07, 6.45) is 3.25. The van der Waals surface area contributed by atoms with Gasteiger partial charge in [-0.05, 0) is 13.3 Å². The van der Waals surface area contributed by atoms with Crippen molar-refractivity contribution in [1.82, 2.24) is 19.6 Å². The van der Waals surface area contributed by atoms with Crippen molar-refractivity contribution in [3.8, 4) is 0 Å². The Labute approximate surface area is 137 Å². The Bertz CT molecular complexity index is 464. The Morgan fingerprint density at radius 2 is 2.00 bits per heavy atom. The topological polar surface area (TPSA) is 56.7 Å². The van der Waals surface area contributed by atoms with E-state index in [0.717, 1.165) is 69.0 Å². The lowest BCUT2D eigenvalue weighted by molar-refractivity contribution is 0.372. The number of nitrogens with zero attached hydrogens (tertiary/aromatic N) is 5. The van der Waals surface area contributed by atoms with Crippen LogP contribution in [0.15, 0.2) is 4.99 Å². The van der Waals surface area contributed by atoms with E-state index in [-0.39, 0.29) is 0 Å². The Hall–Kier alpha value is -1.37. The minimum Gasteiger partial charge on any atom is -0.357 e. The minimum atomic E-state index is 0.908. The first-order chi connectivity index (χ1) is 10.8. The molecular weight excluding hydrogens is 296 g/mol. The third-order valence-corrected chi connectivity index (χ3v) is 4.55. The van der Waals surface area contributed by atoms with Crippen LogP contribution in [0.4, 0.5) is 5.13 Å². The summed E-state index contributed by atoms with van der Waals surface area (Å²) in [6.45, 7) is 12.2. The molecule has 0 aromatic carbocycles. The van der Waals surface area contributed by atoms with Gasteiger partial charge in [0.05, 0.1) is 0 Å². The molecule has 0 bridgehead atoms. The molecule has 1 saturated heterocycles. The molecule has 1 aliphatic rings. The van der Waals surface area contributed by atoms with Crippen molar-refractivity contribution in [2.45, 2.75) is 40.0 Å². The Morgan fingerprint density at radius 1 is 1.23 bits per heavy atom. The summed E-state index contributed by atoms with van der Waals surface area (Å²) >= 11 is 1.52. The zero-order valence-corrected chi connectivity index (χ0v) is 14.8. The van der Waals surface area contributed by atoms with Gasteiger partial charge in [-0.2, -0.15) is 4.37 Å². The second kappa shape index (κ2) is 8.92. The van der Waals surface area contributed by atoms with Gasteiger partial charge in [0.15, 0.2) is 5.96 Å². The van der Waals surface area contributed by atoms with Gasteiger partial charge in [0.2, 0.25) is 5.13 Å². The van der Waals surface area contributed by atoms with Gasteiger partial charge >= 0.3 is 0 Å². The highest BCUT2D eigenvalue weighted by atomic mass is 32.1. The van der Waals surface area contributed by atoms with E-state index in [9.17, 15) is 0 Å². The third-order valence-electron chi connectivity index (χ3n) is 3.73. The number of piperazine rings is 1. The standard InChI is InChI=1S/C15H28N6S/c1-4-7-8-17-14(16-6-3)20-9-11-21(12-10-20)15-18-13(5-2)19-22-15/h4-12H2,1-3H3,(H,16,17). The number of guanidine groups is 1. The predicted molar refractivity (Wildman–Crippen MR) is 94.0 cm³/mol. The molecule has 0 aliphatic carbocycles. The zero-order chi connectivity index (χ0) is 15.8. The lowest BCUT2D eigenvalue weighted by atomic mass is 10.3. The van der Waals surface area contributed by atoms with Crippen LogP contribution in [0.3, 0.4) is 0 Å². The molecule has 0 radical (unpaired) electrons. The monoisotopic (exact) mass is 324 g/mol. The van der Waals surface area contributed by atoms with Gasteiger partial charge in [0.25, 0.3) is 0 Å². The predicted octanol–water partition coefficient (Wildman–Crippen LogP) is 1.99. The van der Waals surface area contributed by atoms with E-state index in [0.29, 0.717) is 0 Å². The van der Waals surface area contributed by atoms with Crippen LogP contribution in [-0.2, 0) is 6.42 Å². The van der Waals surface area contributed by atoms with Crippen molar-refractivity contribution in [3.05, 3.63) is 5.82 Å². The molecular formula is C15H28N6S. The maximum atomic E-state index is 4.73. The fourth-order valence-corrected chi connectivity index (χ4v) is 3.20. The lowest BCUT2D eigenvalue weighted by Gasteiger charge is -2.36. The number of aryl methyl sites for hydroxylation is 1. The molecule has 0 amide bonds. The molecule has 0 saturated carbocycles. The molecule has 0 spiro atoms. The van der Waals surface area contributed by atoms with Crippen LogP contribution < -0.4 is 10.2 Å². The maximum Gasteiger partial charge on any atom is 0.205 e. The molecule has 1 aliphatic heterocycles. The number of hydrogen-bond acceptors (Lipinski definition) is 5. The number of hydrogen-bond donors (Lipinski definition) is 1. The van der Waals surface area contributed by atoms with E-state index in [1.54, 1.807) is 0 Å². The fraction of sp³-hybridized carbons (Fsp3) is 0.800. The number of rotatable bonds is 6. The Morgan fingerprint density at radius 3 is 2.59 bits per heavy atom. The van der Waals surface area contributed by atoms with E-state index in [1.807, 2.05) is 0 Å². The normalized spacial score (nSPS) is 16.2. The first-order valence-electron chi connectivity index (χ1n) is 8.39. The molecule has 1 aromatic heterocycles. The number of aliphatic imine (C=N–C) groups is 1.